The number of aliphatic carboxylic acids is 2. The lowest BCUT2D eigenvalue weighted by Crippen LogP contribution is -2.59. The van der Waals surface area contributed by atoms with Crippen LogP contribution in [-0.4, -0.2) is 160 Å². The Balaban J connectivity index is 0.000000371. The maximum atomic E-state index is 13.8. The molecule has 0 saturated heterocycles. The zero-order valence-corrected chi connectivity index (χ0v) is 50.3. The number of carbonyl (C=O) groups excluding carboxylic acids is 10. The van der Waals surface area contributed by atoms with E-state index in [0.717, 1.165) is 10.5 Å². The lowest BCUT2D eigenvalue weighted by atomic mass is 9.94. The Labute approximate surface area is 514 Å². The molecule has 0 radical (unpaired) electrons. The Morgan fingerprint density at radius 1 is 0.607 bits per heavy atom. The summed E-state index contributed by atoms with van der Waals surface area (Å²) in [7, 11) is 2.92. The number of carboxylic acid groups (broad SMARTS) is 2. The quantitative estimate of drug-likeness (QED) is 0.0302. The molecule has 4 bridgehead atoms. The van der Waals surface area contributed by atoms with E-state index in [2.05, 4.69) is 61.2 Å². The maximum Gasteiger partial charge on any atom is 0.305 e. The third-order valence-corrected chi connectivity index (χ3v) is 14.0. The Morgan fingerprint density at radius 3 is 1.70 bits per heavy atom. The van der Waals surface area contributed by atoms with Crippen LogP contribution in [-0.2, 0) is 73.9 Å². The van der Waals surface area contributed by atoms with Crippen LogP contribution in [0.3, 0.4) is 0 Å². The second kappa shape index (κ2) is 34.6. The number of hydrogen-bond donors (Lipinski definition) is 13. The number of fused-ring (bicyclic) bond motifs is 4. The van der Waals surface area contributed by atoms with Gasteiger partial charge in [-0.2, -0.15) is 0 Å². The minimum Gasteiger partial charge on any atom is -0.481 e. The number of nitrogens with one attached hydrogen (secondary N) is 8. The van der Waals surface area contributed by atoms with Gasteiger partial charge in [0.25, 0.3) is 5.91 Å². The summed E-state index contributed by atoms with van der Waals surface area (Å²) in [5, 5.41) is 27.8. The van der Waals surface area contributed by atoms with Gasteiger partial charge in [0, 0.05) is 50.4 Å². The van der Waals surface area contributed by atoms with Gasteiger partial charge in [0.1, 0.15) is 24.2 Å². The van der Waals surface area contributed by atoms with Crippen LogP contribution in [0.1, 0.15) is 83.5 Å². The third-order valence-electron chi connectivity index (χ3n) is 14.0. The molecule has 476 valence electrons. The average molecular weight is 1230 g/mol. The molecule has 89 heavy (non-hydrogen) atoms. The minimum atomic E-state index is -1.42. The summed E-state index contributed by atoms with van der Waals surface area (Å²) < 4.78 is 0. The van der Waals surface area contributed by atoms with Gasteiger partial charge in [-0.15, -0.1) is 13.2 Å². The van der Waals surface area contributed by atoms with Crippen molar-refractivity contribution in [2.75, 3.05) is 32.9 Å². The van der Waals surface area contributed by atoms with Gasteiger partial charge >= 0.3 is 11.9 Å². The van der Waals surface area contributed by atoms with Crippen LogP contribution >= 0.6 is 0 Å². The maximum absolute atomic E-state index is 13.8. The number of likely N-dealkylation sites (N-methyl/N-ethyl adjacent to an activating group) is 2. The minimum absolute atomic E-state index is 0.0287. The molecule has 2 aliphatic heterocycles. The van der Waals surface area contributed by atoms with E-state index in [9.17, 15) is 67.7 Å². The first kappa shape index (κ1) is 71.8. The zero-order valence-electron chi connectivity index (χ0n) is 50.3. The number of aliphatic imine (C=N–C) groups is 1. The Bertz CT molecular complexity index is 3260. The number of amides is 4. The van der Waals surface area contributed by atoms with Crippen molar-refractivity contribution in [1.29, 1.82) is 0 Å². The number of nitrogens with two attached hydrogens (primary N) is 3. The van der Waals surface area contributed by atoms with Crippen molar-refractivity contribution in [2.45, 2.75) is 103 Å². The molecule has 6 atom stereocenters. The topological polar surface area (TPSA) is 438 Å². The number of nitrogen functional groups attached to an aromatic ring is 1. The van der Waals surface area contributed by atoms with Crippen molar-refractivity contribution in [1.82, 2.24) is 53.0 Å². The number of benzene rings is 4. The Kier molecular flexibility index (Phi) is 27.9. The van der Waals surface area contributed by atoms with Crippen LogP contribution in [0.5, 0.6) is 0 Å². The highest BCUT2D eigenvalue weighted by Crippen LogP contribution is 2.20. The monoisotopic (exact) mass is 1230 g/mol. The number of rotatable bonds is 11. The van der Waals surface area contributed by atoms with Crippen molar-refractivity contribution in [3.8, 4) is 0 Å². The molecule has 4 amide bonds. The normalized spacial score (nSPS) is 20.8. The van der Waals surface area contributed by atoms with Gasteiger partial charge < -0.3 is 48.3 Å². The summed E-state index contributed by atoms with van der Waals surface area (Å²) >= 11 is 0. The van der Waals surface area contributed by atoms with E-state index in [1.807, 2.05) is 0 Å². The van der Waals surface area contributed by atoms with E-state index in [4.69, 9.17) is 17.2 Å². The van der Waals surface area contributed by atoms with E-state index in [1.54, 1.807) is 120 Å². The first-order chi connectivity index (χ1) is 42.1. The van der Waals surface area contributed by atoms with Crippen molar-refractivity contribution in [3.05, 3.63) is 144 Å². The fourth-order valence-electron chi connectivity index (χ4n) is 9.08. The number of hydrogen-bond acceptors (Lipinski definition) is 20. The molecular formula is C61H78N14O14. The van der Waals surface area contributed by atoms with Gasteiger partial charge in [-0.3, -0.25) is 63.0 Å². The summed E-state index contributed by atoms with van der Waals surface area (Å²) in [5.74, 6) is -11.2. The molecule has 16 N–H and O–H groups in total. The smallest absolute Gasteiger partial charge is 0.305 e. The Morgan fingerprint density at radius 2 is 1.11 bits per heavy atom. The number of ketones is 6. The van der Waals surface area contributed by atoms with Gasteiger partial charge in [0.05, 0.1) is 43.7 Å². The van der Waals surface area contributed by atoms with Crippen molar-refractivity contribution in [3.63, 3.8) is 0 Å². The molecular weight excluding hydrogens is 1150 g/mol. The summed E-state index contributed by atoms with van der Waals surface area (Å²) in [5.41, 5.74) is 33.7. The molecule has 4 aromatic rings. The standard InChI is InChI=1S/C30H38N8O7.C29H36N6O7.C2H4/c1-16(2)25-29(45)38(3)22(12-17-7-9-20(10-8-17)35-30(31)32)26(42)23(39)15-34-37-21(13-24(40)41)28(44)33-14-18-5-4-6-19(11-18)27(43)36-25;1-16(2)25-28(41)26(39)19-6-4-5-18(11-19)14-32-33-21(13-24(37)38)27(40)23(36)15-31-29(42)22(35(3)34-25)12-17-7-9-20(30)10-8-17;1-2/h4-11,16,21-22,25,34,37H,12-15H2,1-3H3,(H,33,44)(H,36,43)(H,40,41)(H4,31,32,35);4-11,16,21-22,25,32-34H,12-15,30H2,1-3H3,(H,31,42)(H,37,38);1-2H2/t2*21-,22?,25-;/m00./s1. The highest BCUT2D eigenvalue weighted by Gasteiger charge is 2.38. The van der Waals surface area contributed by atoms with E-state index in [-0.39, 0.29) is 54.9 Å². The largest absolute Gasteiger partial charge is 0.481 e. The van der Waals surface area contributed by atoms with Crippen molar-refractivity contribution >= 4 is 87.6 Å². The molecule has 4 aromatic carbocycles. The van der Waals surface area contributed by atoms with Crippen LogP contribution < -0.4 is 60.3 Å². The summed E-state index contributed by atoms with van der Waals surface area (Å²) in [6.07, 6.45) is -1.26. The molecule has 2 unspecified atom stereocenters. The predicted octanol–water partition coefficient (Wildman–Crippen LogP) is -0.278. The fraction of sp³-hybridized carbons (Fsp3) is 0.361. The second-order valence-corrected chi connectivity index (χ2v) is 21.4. The summed E-state index contributed by atoms with van der Waals surface area (Å²) in [4.78, 5) is 160. The first-order valence-corrected chi connectivity index (χ1v) is 28.1. The molecule has 0 spiro atoms. The summed E-state index contributed by atoms with van der Waals surface area (Å²) in [6.45, 7) is 11.8. The molecule has 0 aromatic heterocycles. The van der Waals surface area contributed by atoms with Crippen LogP contribution in [0.2, 0.25) is 0 Å². The van der Waals surface area contributed by atoms with Crippen LogP contribution in [0, 0.1) is 11.8 Å². The van der Waals surface area contributed by atoms with Crippen LogP contribution in [0.4, 0.5) is 11.4 Å². The van der Waals surface area contributed by atoms with E-state index < -0.39 is 132 Å². The zero-order chi connectivity index (χ0) is 66.2. The van der Waals surface area contributed by atoms with E-state index >= 15 is 0 Å². The second-order valence-electron chi connectivity index (χ2n) is 21.4. The summed E-state index contributed by atoms with van der Waals surface area (Å²) in [6, 6.07) is 18.9. The third kappa shape index (κ3) is 21.9. The fourth-order valence-corrected chi connectivity index (χ4v) is 9.08. The van der Waals surface area contributed by atoms with Crippen LogP contribution in [0.15, 0.2) is 115 Å². The van der Waals surface area contributed by atoms with Crippen molar-refractivity contribution in [2.24, 2.45) is 28.3 Å². The van der Waals surface area contributed by atoms with E-state index in [1.165, 1.54) is 24.2 Å². The van der Waals surface area contributed by atoms with Gasteiger partial charge in [-0.25, -0.2) is 31.7 Å². The SMILES string of the molecule is C=C.CC(C)[C@@H]1NC(=O)c2cccc(c2)CNC(=O)[C@H](CC(=O)O)NNCC(=O)C(=O)C(Cc2ccc(N=C(N)N)cc2)N(C)C1=O.CC(C)[C@@H]1NN(C)C(Cc2ccc(N)cc2)C(=O)NCC(=O)C(=O)[C@H](CC(=O)O)NNCc2cccc(c2)C(=O)C1=O. The highest BCUT2D eigenvalue weighted by atomic mass is 16.4. The molecule has 2 heterocycles. The number of hydrazine groups is 3. The average Bonchev–Trinajstić information content (AvgIpc) is 3.21. The Hall–Kier alpha value is -9.71. The number of carbonyl (C=O) groups is 12. The molecule has 0 saturated carbocycles. The predicted molar refractivity (Wildman–Crippen MR) is 328 cm³/mol. The number of nitrogens with zero attached hydrogens (tertiary/aromatic N) is 3. The molecule has 2 aliphatic rings. The number of guanidine groups is 1. The highest BCUT2D eigenvalue weighted by molar-refractivity contribution is 6.45. The lowest BCUT2D eigenvalue weighted by Gasteiger charge is -2.32. The van der Waals surface area contributed by atoms with Gasteiger partial charge in [-0.05, 0) is 83.0 Å². The first-order valence-electron chi connectivity index (χ1n) is 28.1. The molecule has 0 fully saturated rings. The number of Topliss-reactive ketones (excluding diaryl/α,β-unsaturated/α-hetero) is 6. The molecule has 0 aliphatic carbocycles. The lowest BCUT2D eigenvalue weighted by molar-refractivity contribution is -0.145. The molecule has 6 rings (SSSR count). The number of carboxylic acids is 2. The van der Waals surface area contributed by atoms with Gasteiger partial charge in [-0.1, -0.05) is 82.3 Å². The van der Waals surface area contributed by atoms with Gasteiger partial charge in [0.2, 0.25) is 52.4 Å². The number of anilines is 1. The van der Waals surface area contributed by atoms with Crippen molar-refractivity contribution < 1.29 is 67.7 Å². The van der Waals surface area contributed by atoms with Gasteiger partial charge in [0.15, 0.2) is 5.96 Å². The van der Waals surface area contributed by atoms with E-state index in [0.29, 0.717) is 28.1 Å². The molecule has 28 nitrogen and oxygen atoms in total. The molecule has 28 heteroatoms. The van der Waals surface area contributed by atoms with Crippen LogP contribution in [0.25, 0.3) is 0 Å².